The fraction of sp³-hybridized carbons (Fsp3) is 0.538. The Morgan fingerprint density at radius 3 is 2.78 bits per heavy atom. The van der Waals surface area contributed by atoms with E-state index in [-0.39, 0.29) is 18.6 Å². The van der Waals surface area contributed by atoms with Gasteiger partial charge in [0.05, 0.1) is 23.7 Å². The highest BCUT2D eigenvalue weighted by atomic mass is 32.1. The number of amides is 1. The Morgan fingerprint density at radius 2 is 2.09 bits per heavy atom. The number of rotatable bonds is 8. The summed E-state index contributed by atoms with van der Waals surface area (Å²) in [5.74, 6) is 1.97. The molecule has 3 aromatic rings. The van der Waals surface area contributed by atoms with Crippen molar-refractivity contribution in [1.29, 1.82) is 0 Å². The van der Waals surface area contributed by atoms with Gasteiger partial charge in [-0.15, -0.1) is 11.3 Å². The molecule has 0 aliphatic heterocycles. The lowest BCUT2D eigenvalue weighted by atomic mass is 9.85. The number of imidazole rings is 1. The fourth-order valence-electron chi connectivity index (χ4n) is 5.05. The molecular formula is C26H35N3O2S. The summed E-state index contributed by atoms with van der Waals surface area (Å²) < 4.78 is 2.45. The van der Waals surface area contributed by atoms with Crippen LogP contribution in [-0.4, -0.2) is 33.2 Å². The fourth-order valence-corrected chi connectivity index (χ4v) is 5.75. The van der Waals surface area contributed by atoms with Crippen molar-refractivity contribution in [1.82, 2.24) is 14.9 Å². The van der Waals surface area contributed by atoms with Crippen LogP contribution in [0.4, 0.5) is 0 Å². The van der Waals surface area contributed by atoms with Gasteiger partial charge in [-0.05, 0) is 60.7 Å². The lowest BCUT2D eigenvalue weighted by molar-refractivity contribution is 0.0908. The van der Waals surface area contributed by atoms with E-state index < -0.39 is 0 Å². The largest absolute Gasteiger partial charge is 0.394 e. The molecule has 3 atom stereocenters. The molecule has 1 amide bonds. The van der Waals surface area contributed by atoms with Crippen LogP contribution in [0.15, 0.2) is 35.7 Å². The van der Waals surface area contributed by atoms with E-state index in [1.54, 1.807) is 11.3 Å². The van der Waals surface area contributed by atoms with Gasteiger partial charge in [-0.2, -0.15) is 0 Å². The Hall–Kier alpha value is -2.18. The molecule has 32 heavy (non-hydrogen) atoms. The van der Waals surface area contributed by atoms with Crippen molar-refractivity contribution >= 4 is 28.3 Å². The molecule has 0 bridgehead atoms. The van der Waals surface area contributed by atoms with E-state index in [9.17, 15) is 9.90 Å². The Labute approximate surface area is 194 Å². The van der Waals surface area contributed by atoms with Crippen LogP contribution in [0.2, 0.25) is 0 Å². The molecule has 172 valence electrons. The molecule has 1 saturated carbocycles. The minimum absolute atomic E-state index is 0.0503. The molecule has 1 aliphatic rings. The minimum Gasteiger partial charge on any atom is -0.394 e. The maximum Gasteiger partial charge on any atom is 0.251 e. The van der Waals surface area contributed by atoms with Crippen LogP contribution in [0.5, 0.6) is 0 Å². The number of carbonyl (C=O) groups is 1. The van der Waals surface area contributed by atoms with Gasteiger partial charge < -0.3 is 15.0 Å². The maximum atomic E-state index is 12.9. The third kappa shape index (κ3) is 5.07. The van der Waals surface area contributed by atoms with Crippen molar-refractivity contribution in [3.8, 4) is 0 Å². The summed E-state index contributed by atoms with van der Waals surface area (Å²) >= 11 is 1.76. The van der Waals surface area contributed by atoms with Gasteiger partial charge in [-0.1, -0.05) is 39.7 Å². The summed E-state index contributed by atoms with van der Waals surface area (Å²) in [4.78, 5) is 19.2. The first-order valence-corrected chi connectivity index (χ1v) is 12.8. The number of hydrogen-bond acceptors (Lipinski definition) is 4. The normalized spacial score (nSPS) is 20.0. The van der Waals surface area contributed by atoms with Gasteiger partial charge in [0.1, 0.15) is 5.82 Å². The molecule has 0 radical (unpaired) electrons. The quantitative estimate of drug-likeness (QED) is 0.468. The van der Waals surface area contributed by atoms with E-state index in [2.05, 4.69) is 54.2 Å². The second-order valence-electron chi connectivity index (χ2n) is 9.67. The summed E-state index contributed by atoms with van der Waals surface area (Å²) in [7, 11) is 0. The summed E-state index contributed by atoms with van der Waals surface area (Å²) in [5.41, 5.74) is 2.60. The molecule has 0 spiro atoms. The number of benzene rings is 1. The van der Waals surface area contributed by atoms with E-state index in [1.165, 1.54) is 30.6 Å². The van der Waals surface area contributed by atoms with Crippen LogP contribution in [0, 0.1) is 11.8 Å². The Kier molecular flexibility index (Phi) is 7.31. The zero-order valence-electron chi connectivity index (χ0n) is 19.4. The molecule has 2 N–H and O–H groups in total. The molecule has 6 heteroatoms. The summed E-state index contributed by atoms with van der Waals surface area (Å²) in [5, 5.41) is 14.7. The summed E-state index contributed by atoms with van der Waals surface area (Å²) in [6.45, 7) is 6.49. The van der Waals surface area contributed by atoms with Gasteiger partial charge in [0.25, 0.3) is 5.91 Å². The van der Waals surface area contributed by atoms with Crippen LogP contribution >= 0.6 is 11.3 Å². The minimum atomic E-state index is -0.228. The molecule has 2 heterocycles. The first kappa shape index (κ1) is 23.0. The smallest absolute Gasteiger partial charge is 0.251 e. The number of thiophene rings is 1. The van der Waals surface area contributed by atoms with Gasteiger partial charge >= 0.3 is 0 Å². The summed E-state index contributed by atoms with van der Waals surface area (Å²) in [6.07, 6.45) is 6.56. The molecule has 2 unspecified atom stereocenters. The third-order valence-corrected chi connectivity index (χ3v) is 7.52. The lowest BCUT2D eigenvalue weighted by Gasteiger charge is -2.31. The average molecular weight is 454 g/mol. The Bertz CT molecular complexity index is 1040. The average Bonchev–Trinajstić information content (AvgIpc) is 3.40. The highest BCUT2D eigenvalue weighted by Gasteiger charge is 2.27. The van der Waals surface area contributed by atoms with E-state index in [0.29, 0.717) is 23.4 Å². The number of nitrogens with zero attached hydrogens (tertiary/aromatic N) is 2. The number of nitrogens with one attached hydrogen (secondary N) is 1. The van der Waals surface area contributed by atoms with Crippen LogP contribution in [0.25, 0.3) is 11.0 Å². The van der Waals surface area contributed by atoms with E-state index in [1.807, 2.05) is 12.1 Å². The molecule has 1 aliphatic carbocycles. The van der Waals surface area contributed by atoms with Crippen LogP contribution in [-0.2, 0) is 6.42 Å². The number of aromatic nitrogens is 2. The monoisotopic (exact) mass is 453 g/mol. The molecule has 1 aromatic carbocycles. The van der Waals surface area contributed by atoms with Crippen molar-refractivity contribution in [2.75, 3.05) is 6.61 Å². The van der Waals surface area contributed by atoms with E-state index in [4.69, 9.17) is 4.98 Å². The van der Waals surface area contributed by atoms with Gasteiger partial charge in [0, 0.05) is 22.9 Å². The highest BCUT2D eigenvalue weighted by molar-refractivity contribution is 7.09. The van der Waals surface area contributed by atoms with Crippen molar-refractivity contribution in [2.45, 2.75) is 71.4 Å². The Morgan fingerprint density at radius 1 is 1.28 bits per heavy atom. The maximum absolute atomic E-state index is 12.9. The van der Waals surface area contributed by atoms with Gasteiger partial charge in [0.2, 0.25) is 0 Å². The van der Waals surface area contributed by atoms with Crippen molar-refractivity contribution in [3.05, 3.63) is 52.0 Å². The number of carbonyl (C=O) groups excluding carboxylic acids is 1. The van der Waals surface area contributed by atoms with Gasteiger partial charge in [-0.25, -0.2) is 4.98 Å². The van der Waals surface area contributed by atoms with Crippen LogP contribution in [0.3, 0.4) is 0 Å². The number of aliphatic hydroxyl groups excluding tert-OH is 1. The van der Waals surface area contributed by atoms with Crippen molar-refractivity contribution in [2.24, 2.45) is 11.8 Å². The molecule has 2 aromatic heterocycles. The standard InChI is InChI=1S/C26H35N3O2S/c1-17(2)13-20(16-30)27-26(31)19-10-11-24-22(14-19)28-25(15-21-8-6-12-32-21)29(24)23-9-5-4-7-18(23)3/h6,8,10-12,14,17-18,20,23,30H,4-5,7,9,13,15-16H2,1-3H3,(H,27,31)/t18?,20-,23?/m0/s1. The lowest BCUT2D eigenvalue weighted by Crippen LogP contribution is -2.38. The summed E-state index contributed by atoms with van der Waals surface area (Å²) in [6, 6.07) is 10.4. The molecule has 5 nitrogen and oxygen atoms in total. The van der Waals surface area contributed by atoms with Crippen LogP contribution in [0.1, 0.15) is 80.0 Å². The number of aliphatic hydroxyl groups is 1. The molecule has 0 saturated heterocycles. The first-order valence-electron chi connectivity index (χ1n) is 11.9. The predicted octanol–water partition coefficient (Wildman–Crippen LogP) is 5.58. The predicted molar refractivity (Wildman–Crippen MR) is 131 cm³/mol. The second-order valence-corrected chi connectivity index (χ2v) is 10.7. The topological polar surface area (TPSA) is 67.2 Å². The number of hydrogen-bond donors (Lipinski definition) is 2. The van der Waals surface area contributed by atoms with Gasteiger partial charge in [0.15, 0.2) is 0 Å². The van der Waals surface area contributed by atoms with E-state index >= 15 is 0 Å². The highest BCUT2D eigenvalue weighted by Crippen LogP contribution is 2.37. The molecular weight excluding hydrogens is 418 g/mol. The zero-order chi connectivity index (χ0) is 22.7. The number of fused-ring (bicyclic) bond motifs is 1. The third-order valence-electron chi connectivity index (χ3n) is 6.65. The van der Waals surface area contributed by atoms with Crippen molar-refractivity contribution < 1.29 is 9.90 Å². The molecule has 4 rings (SSSR count). The molecule has 1 fully saturated rings. The van der Waals surface area contributed by atoms with Crippen molar-refractivity contribution in [3.63, 3.8) is 0 Å². The van der Waals surface area contributed by atoms with E-state index in [0.717, 1.165) is 29.7 Å². The first-order chi connectivity index (χ1) is 15.5. The second kappa shape index (κ2) is 10.2. The Balaban J connectivity index is 1.67. The SMILES string of the molecule is CC(C)C[C@@H](CO)NC(=O)c1ccc2c(c1)nc(Cc1cccs1)n2C1CCCCC1C. The zero-order valence-corrected chi connectivity index (χ0v) is 20.2. The van der Waals surface area contributed by atoms with Gasteiger partial charge in [-0.3, -0.25) is 4.79 Å². The van der Waals surface area contributed by atoms with Crippen LogP contribution < -0.4 is 5.32 Å².